The van der Waals surface area contributed by atoms with E-state index in [4.69, 9.17) is 0 Å². The smallest absolute Gasteiger partial charge is 0.275 e. The maximum Gasteiger partial charge on any atom is 0.275 e. The number of anilines is 3. The van der Waals surface area contributed by atoms with Crippen LogP contribution >= 0.6 is 0 Å². The molecule has 0 aliphatic heterocycles. The summed E-state index contributed by atoms with van der Waals surface area (Å²) in [4.78, 5) is 20.5. The van der Waals surface area contributed by atoms with E-state index in [1.54, 1.807) is 0 Å². The second-order valence-electron chi connectivity index (χ2n) is 5.76. The first-order valence-electron chi connectivity index (χ1n) is 7.86. The number of amides is 1. The van der Waals surface area contributed by atoms with Gasteiger partial charge in [-0.2, -0.15) is 0 Å². The summed E-state index contributed by atoms with van der Waals surface area (Å²) >= 11 is 0. The third-order valence-corrected chi connectivity index (χ3v) is 3.80. The zero-order valence-corrected chi connectivity index (χ0v) is 14.2. The van der Waals surface area contributed by atoms with Crippen LogP contribution in [-0.4, -0.2) is 15.9 Å². The van der Waals surface area contributed by atoms with Gasteiger partial charge in [-0.1, -0.05) is 18.2 Å². The Morgan fingerprint density at radius 1 is 0.962 bits per heavy atom. The van der Waals surface area contributed by atoms with Crippen molar-refractivity contribution in [1.82, 2.24) is 9.97 Å². The van der Waals surface area contributed by atoms with Crippen molar-refractivity contribution in [1.29, 1.82) is 0 Å². The van der Waals surface area contributed by atoms with Gasteiger partial charge < -0.3 is 10.6 Å². The fourth-order valence-electron chi connectivity index (χ4n) is 2.42. The van der Waals surface area contributed by atoms with Gasteiger partial charge in [0.05, 0.1) is 12.4 Å². The van der Waals surface area contributed by atoms with Crippen LogP contribution < -0.4 is 10.6 Å². The molecule has 2 N–H and O–H groups in total. The maximum atomic E-state index is 13.2. The number of para-hydroxylation sites is 1. The van der Waals surface area contributed by atoms with Gasteiger partial charge in [-0.15, -0.1) is 0 Å². The highest BCUT2D eigenvalue weighted by atomic mass is 19.2. The van der Waals surface area contributed by atoms with Gasteiger partial charge in [0.2, 0.25) is 0 Å². The Labute approximate surface area is 149 Å². The van der Waals surface area contributed by atoms with E-state index in [9.17, 15) is 13.6 Å². The number of carbonyl (C=O) groups is 1. The van der Waals surface area contributed by atoms with Gasteiger partial charge >= 0.3 is 0 Å². The summed E-state index contributed by atoms with van der Waals surface area (Å²) in [7, 11) is 0. The van der Waals surface area contributed by atoms with Crippen LogP contribution in [0.5, 0.6) is 0 Å². The van der Waals surface area contributed by atoms with Crippen molar-refractivity contribution in [2.45, 2.75) is 13.8 Å². The van der Waals surface area contributed by atoms with Gasteiger partial charge in [0, 0.05) is 17.4 Å². The molecule has 0 saturated carbocycles. The van der Waals surface area contributed by atoms with E-state index in [0.717, 1.165) is 28.9 Å². The molecule has 5 nitrogen and oxygen atoms in total. The minimum atomic E-state index is -0.965. The van der Waals surface area contributed by atoms with Crippen molar-refractivity contribution < 1.29 is 13.6 Å². The molecule has 7 heteroatoms. The molecular formula is C19H16F2N4O. The minimum Gasteiger partial charge on any atom is -0.339 e. The SMILES string of the molecule is Cc1cccc(C)c1NC(=O)c1cnc(Nc2ccc(F)c(F)c2)cn1. The molecule has 0 bridgehead atoms. The van der Waals surface area contributed by atoms with Gasteiger partial charge in [0.25, 0.3) is 5.91 Å². The molecule has 132 valence electrons. The molecule has 1 aromatic heterocycles. The molecule has 3 aromatic rings. The predicted octanol–water partition coefficient (Wildman–Crippen LogP) is 4.37. The molecular weight excluding hydrogens is 338 g/mol. The van der Waals surface area contributed by atoms with Crippen molar-refractivity contribution in [3.05, 3.63) is 77.2 Å². The molecule has 3 rings (SSSR count). The molecule has 0 aliphatic carbocycles. The number of halogens is 2. The molecule has 1 heterocycles. The van der Waals surface area contributed by atoms with Crippen LogP contribution in [0.2, 0.25) is 0 Å². The second-order valence-corrected chi connectivity index (χ2v) is 5.76. The summed E-state index contributed by atoms with van der Waals surface area (Å²) < 4.78 is 26.2. The Hall–Kier alpha value is -3.35. The molecule has 0 fully saturated rings. The summed E-state index contributed by atoms with van der Waals surface area (Å²) in [5.74, 6) is -1.97. The third-order valence-electron chi connectivity index (χ3n) is 3.80. The molecule has 0 spiro atoms. The Bertz CT molecular complexity index is 938. The van der Waals surface area contributed by atoms with E-state index in [2.05, 4.69) is 20.6 Å². The van der Waals surface area contributed by atoms with Crippen LogP contribution in [0.25, 0.3) is 0 Å². The highest BCUT2D eigenvalue weighted by Crippen LogP contribution is 2.20. The number of nitrogens with zero attached hydrogens (tertiary/aromatic N) is 2. The zero-order chi connectivity index (χ0) is 18.7. The Morgan fingerprint density at radius 2 is 1.69 bits per heavy atom. The summed E-state index contributed by atoms with van der Waals surface area (Å²) in [6.45, 7) is 3.81. The number of hydrogen-bond donors (Lipinski definition) is 2. The fraction of sp³-hybridized carbons (Fsp3) is 0.105. The van der Waals surface area contributed by atoms with E-state index >= 15 is 0 Å². The number of carbonyl (C=O) groups excluding carboxylic acids is 1. The number of aromatic nitrogens is 2. The number of hydrogen-bond acceptors (Lipinski definition) is 4. The van der Waals surface area contributed by atoms with Crippen molar-refractivity contribution in [3.8, 4) is 0 Å². The molecule has 26 heavy (non-hydrogen) atoms. The summed E-state index contributed by atoms with van der Waals surface area (Å²) in [6, 6.07) is 9.13. The van der Waals surface area contributed by atoms with Gasteiger partial charge in [0.1, 0.15) is 11.5 Å². The molecule has 0 saturated heterocycles. The quantitative estimate of drug-likeness (QED) is 0.730. The molecule has 1 amide bonds. The lowest BCUT2D eigenvalue weighted by atomic mass is 10.1. The van der Waals surface area contributed by atoms with Gasteiger partial charge in [-0.3, -0.25) is 4.79 Å². The average molecular weight is 354 g/mol. The lowest BCUT2D eigenvalue weighted by Crippen LogP contribution is -2.15. The minimum absolute atomic E-state index is 0.142. The molecule has 0 unspecified atom stereocenters. The first kappa shape index (κ1) is 17.5. The number of rotatable bonds is 4. The van der Waals surface area contributed by atoms with Crippen LogP contribution in [0.15, 0.2) is 48.8 Å². The Balaban J connectivity index is 1.72. The van der Waals surface area contributed by atoms with E-state index in [0.29, 0.717) is 11.5 Å². The monoisotopic (exact) mass is 354 g/mol. The number of aryl methyl sites for hydroxylation is 2. The van der Waals surface area contributed by atoms with Gasteiger partial charge in [0.15, 0.2) is 11.6 Å². The van der Waals surface area contributed by atoms with Crippen LogP contribution in [0.1, 0.15) is 21.6 Å². The van der Waals surface area contributed by atoms with Crippen LogP contribution in [0.4, 0.5) is 26.0 Å². The summed E-state index contributed by atoms with van der Waals surface area (Å²) in [5, 5.41) is 5.62. The predicted molar refractivity (Wildman–Crippen MR) is 95.5 cm³/mol. The Morgan fingerprint density at radius 3 is 2.31 bits per heavy atom. The molecule has 0 radical (unpaired) electrons. The first-order chi connectivity index (χ1) is 12.4. The largest absolute Gasteiger partial charge is 0.339 e. The summed E-state index contributed by atoms with van der Waals surface area (Å²) in [5.41, 5.74) is 3.10. The molecule has 2 aromatic carbocycles. The normalized spacial score (nSPS) is 10.5. The summed E-state index contributed by atoms with van der Waals surface area (Å²) in [6.07, 6.45) is 2.66. The number of nitrogens with one attached hydrogen (secondary N) is 2. The molecule has 0 atom stereocenters. The van der Waals surface area contributed by atoms with Crippen LogP contribution in [0, 0.1) is 25.5 Å². The third kappa shape index (κ3) is 3.83. The van der Waals surface area contributed by atoms with Crippen LogP contribution in [0.3, 0.4) is 0 Å². The van der Waals surface area contributed by atoms with Crippen LogP contribution in [-0.2, 0) is 0 Å². The Kier molecular flexibility index (Phi) is 4.88. The van der Waals surface area contributed by atoms with E-state index < -0.39 is 11.6 Å². The fourth-order valence-corrected chi connectivity index (χ4v) is 2.42. The lowest BCUT2D eigenvalue weighted by molar-refractivity contribution is 0.102. The van der Waals surface area contributed by atoms with Crippen molar-refractivity contribution >= 4 is 23.1 Å². The second kappa shape index (κ2) is 7.26. The average Bonchev–Trinajstić information content (AvgIpc) is 2.62. The van der Waals surface area contributed by atoms with Crippen molar-refractivity contribution in [2.75, 3.05) is 10.6 Å². The maximum absolute atomic E-state index is 13.2. The van der Waals surface area contributed by atoms with E-state index in [-0.39, 0.29) is 11.6 Å². The van der Waals surface area contributed by atoms with Crippen molar-refractivity contribution in [3.63, 3.8) is 0 Å². The van der Waals surface area contributed by atoms with E-state index in [1.165, 1.54) is 18.5 Å². The lowest BCUT2D eigenvalue weighted by Gasteiger charge is -2.11. The highest BCUT2D eigenvalue weighted by molar-refractivity contribution is 6.03. The van der Waals surface area contributed by atoms with Gasteiger partial charge in [-0.05, 0) is 37.1 Å². The highest BCUT2D eigenvalue weighted by Gasteiger charge is 2.12. The van der Waals surface area contributed by atoms with E-state index in [1.807, 2.05) is 32.0 Å². The topological polar surface area (TPSA) is 66.9 Å². The molecule has 0 aliphatic rings. The number of benzene rings is 2. The van der Waals surface area contributed by atoms with Gasteiger partial charge in [-0.25, -0.2) is 18.7 Å². The first-order valence-corrected chi connectivity index (χ1v) is 7.86. The standard InChI is InChI=1S/C19H16F2N4O/c1-11-4-3-5-12(2)18(11)25-19(26)16-9-23-17(10-22-16)24-13-6-7-14(20)15(21)8-13/h3-10H,1-2H3,(H,23,24)(H,25,26). The zero-order valence-electron chi connectivity index (χ0n) is 14.2. The van der Waals surface area contributed by atoms with Crippen molar-refractivity contribution in [2.24, 2.45) is 0 Å².